The molecule has 86 valence electrons. The van der Waals surface area contributed by atoms with Gasteiger partial charge >= 0.3 is 5.76 Å². The number of aromatic nitrogens is 1. The van der Waals surface area contributed by atoms with Crippen LogP contribution >= 0.6 is 0 Å². The van der Waals surface area contributed by atoms with E-state index in [1.165, 1.54) is 0 Å². The number of rotatable bonds is 3. The number of aryl methyl sites for hydroxylation is 1. The van der Waals surface area contributed by atoms with Crippen LogP contribution in [0.4, 0.5) is 0 Å². The van der Waals surface area contributed by atoms with Gasteiger partial charge in [-0.25, -0.2) is 4.79 Å². The van der Waals surface area contributed by atoms with Crippen LogP contribution in [-0.4, -0.2) is 4.57 Å². The molecular weight excluding hydrogens is 202 g/mol. The predicted octanol–water partition coefficient (Wildman–Crippen LogP) is 3.26. The molecule has 1 unspecified atom stereocenters. The average molecular weight is 219 g/mol. The number of nitrogens with zero attached hydrogens (tertiary/aromatic N) is 1. The van der Waals surface area contributed by atoms with E-state index >= 15 is 0 Å². The normalized spacial score (nSPS) is 13.2. The molecule has 0 N–H and O–H groups in total. The molecule has 1 aromatic carbocycles. The molecule has 0 radical (unpaired) electrons. The Morgan fingerprint density at radius 1 is 1.44 bits per heavy atom. The first-order chi connectivity index (χ1) is 7.63. The summed E-state index contributed by atoms with van der Waals surface area (Å²) in [4.78, 5) is 11.8. The van der Waals surface area contributed by atoms with Gasteiger partial charge in [-0.1, -0.05) is 19.4 Å². The zero-order valence-corrected chi connectivity index (χ0v) is 9.99. The van der Waals surface area contributed by atoms with Crippen LogP contribution in [0.15, 0.2) is 27.4 Å². The van der Waals surface area contributed by atoms with E-state index in [0.29, 0.717) is 5.58 Å². The van der Waals surface area contributed by atoms with E-state index in [0.717, 1.165) is 23.9 Å². The predicted molar refractivity (Wildman–Crippen MR) is 64.8 cm³/mol. The van der Waals surface area contributed by atoms with Crippen LogP contribution < -0.4 is 5.76 Å². The van der Waals surface area contributed by atoms with Crippen molar-refractivity contribution in [1.29, 1.82) is 0 Å². The second-order valence-electron chi connectivity index (χ2n) is 4.35. The van der Waals surface area contributed by atoms with Gasteiger partial charge in [0, 0.05) is 6.04 Å². The van der Waals surface area contributed by atoms with Crippen LogP contribution in [0.3, 0.4) is 0 Å². The topological polar surface area (TPSA) is 35.1 Å². The van der Waals surface area contributed by atoms with Crippen molar-refractivity contribution < 1.29 is 4.42 Å². The Bertz CT molecular complexity index is 551. The summed E-state index contributed by atoms with van der Waals surface area (Å²) in [5, 5.41) is 0. The number of hydrogen-bond acceptors (Lipinski definition) is 2. The maximum absolute atomic E-state index is 11.8. The third kappa shape index (κ3) is 1.77. The van der Waals surface area contributed by atoms with Crippen molar-refractivity contribution in [3.05, 3.63) is 34.3 Å². The van der Waals surface area contributed by atoms with Gasteiger partial charge in [-0.15, -0.1) is 0 Å². The summed E-state index contributed by atoms with van der Waals surface area (Å²) in [7, 11) is 0. The van der Waals surface area contributed by atoms with Gasteiger partial charge in [0.1, 0.15) is 0 Å². The molecule has 16 heavy (non-hydrogen) atoms. The number of hydrogen-bond donors (Lipinski definition) is 0. The number of oxazole rings is 1. The number of fused-ring (bicyclic) bond motifs is 1. The average Bonchev–Trinajstić information content (AvgIpc) is 2.53. The monoisotopic (exact) mass is 219 g/mol. The van der Waals surface area contributed by atoms with Gasteiger partial charge in [0.15, 0.2) is 5.58 Å². The van der Waals surface area contributed by atoms with E-state index in [1.54, 1.807) is 4.57 Å². The molecule has 2 aromatic rings. The van der Waals surface area contributed by atoms with E-state index < -0.39 is 0 Å². The largest absolute Gasteiger partial charge is 0.420 e. The highest BCUT2D eigenvalue weighted by Crippen LogP contribution is 2.20. The summed E-state index contributed by atoms with van der Waals surface area (Å²) in [6.45, 7) is 6.17. The lowest BCUT2D eigenvalue weighted by Crippen LogP contribution is -2.18. The first-order valence-corrected chi connectivity index (χ1v) is 5.75. The van der Waals surface area contributed by atoms with Gasteiger partial charge in [-0.3, -0.25) is 4.57 Å². The van der Waals surface area contributed by atoms with E-state index in [9.17, 15) is 4.79 Å². The highest BCUT2D eigenvalue weighted by atomic mass is 16.4. The van der Waals surface area contributed by atoms with Crippen LogP contribution in [0.5, 0.6) is 0 Å². The zero-order chi connectivity index (χ0) is 11.7. The van der Waals surface area contributed by atoms with Crippen LogP contribution in [-0.2, 0) is 0 Å². The minimum atomic E-state index is -0.249. The summed E-state index contributed by atoms with van der Waals surface area (Å²) >= 11 is 0. The smallest absolute Gasteiger partial charge is 0.408 e. The molecule has 0 bridgehead atoms. The third-order valence-electron chi connectivity index (χ3n) is 2.92. The highest BCUT2D eigenvalue weighted by molar-refractivity contribution is 5.73. The van der Waals surface area contributed by atoms with E-state index in [1.807, 2.05) is 25.1 Å². The second kappa shape index (κ2) is 4.16. The lowest BCUT2D eigenvalue weighted by molar-refractivity contribution is 0.439. The molecule has 0 aliphatic carbocycles. The molecule has 1 atom stereocenters. The molecular formula is C13H17NO2. The van der Waals surface area contributed by atoms with Crippen molar-refractivity contribution in [1.82, 2.24) is 4.57 Å². The second-order valence-corrected chi connectivity index (χ2v) is 4.35. The molecule has 2 rings (SSSR count). The Kier molecular flexibility index (Phi) is 2.86. The van der Waals surface area contributed by atoms with Crippen molar-refractivity contribution in [2.75, 3.05) is 0 Å². The summed E-state index contributed by atoms with van der Waals surface area (Å²) in [5.74, 6) is -0.249. The fourth-order valence-corrected chi connectivity index (χ4v) is 2.11. The Balaban J connectivity index is 2.60. The Morgan fingerprint density at radius 2 is 2.19 bits per heavy atom. The Labute approximate surface area is 94.7 Å². The molecule has 3 heteroatoms. The van der Waals surface area contributed by atoms with Crippen LogP contribution in [0.1, 0.15) is 38.3 Å². The summed E-state index contributed by atoms with van der Waals surface area (Å²) in [6.07, 6.45) is 2.05. The molecule has 0 fully saturated rings. The summed E-state index contributed by atoms with van der Waals surface area (Å²) in [5.41, 5.74) is 2.70. The van der Waals surface area contributed by atoms with E-state index in [-0.39, 0.29) is 11.8 Å². The zero-order valence-electron chi connectivity index (χ0n) is 9.99. The highest BCUT2D eigenvalue weighted by Gasteiger charge is 2.13. The van der Waals surface area contributed by atoms with E-state index in [4.69, 9.17) is 4.42 Å². The maximum Gasteiger partial charge on any atom is 0.420 e. The minimum Gasteiger partial charge on any atom is -0.408 e. The van der Waals surface area contributed by atoms with Gasteiger partial charge in [0.05, 0.1) is 5.52 Å². The fourth-order valence-electron chi connectivity index (χ4n) is 2.11. The lowest BCUT2D eigenvalue weighted by atomic mass is 10.2. The first-order valence-electron chi connectivity index (χ1n) is 5.75. The van der Waals surface area contributed by atoms with Crippen LogP contribution in [0, 0.1) is 6.92 Å². The molecule has 1 heterocycles. The van der Waals surface area contributed by atoms with Crippen molar-refractivity contribution in [2.45, 2.75) is 39.7 Å². The number of benzene rings is 1. The van der Waals surface area contributed by atoms with Gasteiger partial charge < -0.3 is 4.42 Å². The molecule has 3 nitrogen and oxygen atoms in total. The standard InChI is InChI=1S/C13H17NO2/c1-4-5-10(3)14-11-7-6-9(2)8-12(11)16-13(14)15/h6-8,10H,4-5H2,1-3H3. The maximum atomic E-state index is 11.8. The summed E-state index contributed by atoms with van der Waals surface area (Å²) in [6, 6.07) is 6.07. The van der Waals surface area contributed by atoms with E-state index in [2.05, 4.69) is 13.8 Å². The molecule has 0 aliphatic heterocycles. The molecule has 0 spiro atoms. The lowest BCUT2D eigenvalue weighted by Gasteiger charge is -2.10. The quantitative estimate of drug-likeness (QED) is 0.794. The van der Waals surface area contributed by atoms with Crippen molar-refractivity contribution in [3.8, 4) is 0 Å². The third-order valence-corrected chi connectivity index (χ3v) is 2.92. The van der Waals surface area contributed by atoms with Gasteiger partial charge in [-0.05, 0) is 38.0 Å². The molecule has 0 aliphatic rings. The van der Waals surface area contributed by atoms with Crippen molar-refractivity contribution >= 4 is 11.1 Å². The van der Waals surface area contributed by atoms with Crippen LogP contribution in [0.2, 0.25) is 0 Å². The SMILES string of the molecule is CCCC(C)n1c(=O)oc2cc(C)ccc21. The van der Waals surface area contributed by atoms with Gasteiger partial charge in [0.2, 0.25) is 0 Å². The fraction of sp³-hybridized carbons (Fsp3) is 0.462. The Morgan fingerprint density at radius 3 is 2.88 bits per heavy atom. The van der Waals surface area contributed by atoms with Crippen molar-refractivity contribution in [3.63, 3.8) is 0 Å². The van der Waals surface area contributed by atoms with Gasteiger partial charge in [-0.2, -0.15) is 0 Å². The van der Waals surface area contributed by atoms with Crippen molar-refractivity contribution in [2.24, 2.45) is 0 Å². The minimum absolute atomic E-state index is 0.196. The molecule has 0 amide bonds. The summed E-state index contributed by atoms with van der Waals surface area (Å²) < 4.78 is 7.00. The van der Waals surface area contributed by atoms with Crippen LogP contribution in [0.25, 0.3) is 11.1 Å². The molecule has 0 saturated heterocycles. The Hall–Kier alpha value is -1.51. The molecule has 1 aromatic heterocycles. The molecule has 0 saturated carbocycles. The van der Waals surface area contributed by atoms with Gasteiger partial charge in [0.25, 0.3) is 0 Å². The first kappa shape index (κ1) is 11.0.